The molecule has 2 aromatic rings. The van der Waals surface area contributed by atoms with Gasteiger partial charge in [-0.15, -0.1) is 11.3 Å². The Kier molecular flexibility index (Phi) is 4.38. The van der Waals surface area contributed by atoms with Gasteiger partial charge in [0.25, 0.3) is 5.56 Å². The average molecular weight is 426 g/mol. The highest BCUT2D eigenvalue weighted by Crippen LogP contribution is 2.59. The van der Waals surface area contributed by atoms with E-state index in [4.69, 9.17) is 0 Å². The van der Waals surface area contributed by atoms with E-state index >= 15 is 0 Å². The Morgan fingerprint density at radius 1 is 1.23 bits per heavy atom. The number of thiophene rings is 1. The molecular formula is C24H31N3O2S. The maximum absolute atomic E-state index is 13.2. The van der Waals surface area contributed by atoms with Crippen LogP contribution in [-0.4, -0.2) is 22.0 Å². The monoisotopic (exact) mass is 425 g/mol. The van der Waals surface area contributed by atoms with Gasteiger partial charge in [-0.25, -0.2) is 4.98 Å². The highest BCUT2D eigenvalue weighted by Gasteiger charge is 2.50. The third-order valence-corrected chi connectivity index (χ3v) is 9.58. The predicted molar refractivity (Wildman–Crippen MR) is 119 cm³/mol. The Morgan fingerprint density at radius 2 is 1.93 bits per heavy atom. The number of carbonyl (C=O) groups is 1. The second-order valence-corrected chi connectivity index (χ2v) is 12.0. The van der Waals surface area contributed by atoms with Crippen molar-refractivity contribution in [3.63, 3.8) is 0 Å². The van der Waals surface area contributed by atoms with Crippen molar-refractivity contribution < 1.29 is 4.79 Å². The minimum Gasteiger partial charge on any atom is -0.354 e. The maximum Gasteiger partial charge on any atom is 0.262 e. The van der Waals surface area contributed by atoms with Gasteiger partial charge in [-0.2, -0.15) is 0 Å². The Morgan fingerprint density at radius 3 is 2.63 bits per heavy atom. The van der Waals surface area contributed by atoms with Crippen LogP contribution < -0.4 is 10.9 Å². The van der Waals surface area contributed by atoms with E-state index in [1.54, 1.807) is 17.7 Å². The van der Waals surface area contributed by atoms with Crippen LogP contribution >= 0.6 is 11.3 Å². The standard InChI is InChI=1S/C24H31N3O2S/c1-14-2-3-18-19(4-14)30-22-21(18)23(29)27(13-26-22)11-20(28)25-12-24-8-15-5-16(9-24)7-17(6-15)10-24/h13-17H,2-12H2,1H3,(H,25,28)/t14-,15?,16?,17?,24?/m1/s1. The van der Waals surface area contributed by atoms with Crippen LogP contribution in [0.25, 0.3) is 10.2 Å². The Bertz CT molecular complexity index is 1030. The quantitative estimate of drug-likeness (QED) is 0.808. The number of rotatable bonds is 4. The number of nitrogens with zero attached hydrogens (tertiary/aromatic N) is 2. The number of fused-ring (bicyclic) bond motifs is 3. The smallest absolute Gasteiger partial charge is 0.262 e. The van der Waals surface area contributed by atoms with Gasteiger partial charge in [0.15, 0.2) is 0 Å². The van der Waals surface area contributed by atoms with E-state index in [1.807, 2.05) is 0 Å². The van der Waals surface area contributed by atoms with Gasteiger partial charge >= 0.3 is 0 Å². The van der Waals surface area contributed by atoms with Gasteiger partial charge < -0.3 is 5.32 Å². The van der Waals surface area contributed by atoms with E-state index in [0.29, 0.717) is 11.3 Å². The van der Waals surface area contributed by atoms with Gasteiger partial charge in [-0.05, 0) is 92.4 Å². The molecule has 0 radical (unpaired) electrons. The Balaban J connectivity index is 1.18. The molecule has 2 aromatic heterocycles. The fourth-order valence-electron chi connectivity index (χ4n) is 7.48. The lowest BCUT2D eigenvalue weighted by molar-refractivity contribution is -0.123. The van der Waals surface area contributed by atoms with Crippen LogP contribution in [0.3, 0.4) is 0 Å². The minimum absolute atomic E-state index is 0.0444. The van der Waals surface area contributed by atoms with Crippen LogP contribution in [0.4, 0.5) is 0 Å². The number of carbonyl (C=O) groups excluding carboxylic acids is 1. The van der Waals surface area contributed by atoms with E-state index in [9.17, 15) is 9.59 Å². The zero-order valence-corrected chi connectivity index (χ0v) is 18.6. The topological polar surface area (TPSA) is 64.0 Å². The Labute approximate surface area is 181 Å². The molecule has 30 heavy (non-hydrogen) atoms. The first kappa shape index (κ1) is 19.0. The number of hydrogen-bond donors (Lipinski definition) is 1. The highest BCUT2D eigenvalue weighted by atomic mass is 32.1. The first-order valence-electron chi connectivity index (χ1n) is 11.7. The number of aryl methyl sites for hydroxylation is 1. The van der Waals surface area contributed by atoms with E-state index in [2.05, 4.69) is 17.2 Å². The summed E-state index contributed by atoms with van der Waals surface area (Å²) in [6, 6.07) is 0. The second-order valence-electron chi connectivity index (χ2n) is 10.9. The summed E-state index contributed by atoms with van der Waals surface area (Å²) in [5.41, 5.74) is 1.46. The molecule has 5 aliphatic rings. The third-order valence-electron chi connectivity index (χ3n) is 8.42. The molecule has 5 nitrogen and oxygen atoms in total. The molecule has 0 unspecified atom stereocenters. The summed E-state index contributed by atoms with van der Waals surface area (Å²) in [7, 11) is 0. The minimum atomic E-state index is -0.0493. The van der Waals surface area contributed by atoms with Gasteiger partial charge in [0, 0.05) is 11.4 Å². The van der Waals surface area contributed by atoms with Crippen LogP contribution in [0, 0.1) is 29.1 Å². The number of aromatic nitrogens is 2. The summed E-state index contributed by atoms with van der Waals surface area (Å²) < 4.78 is 1.52. The van der Waals surface area contributed by atoms with Crippen LogP contribution in [0.15, 0.2) is 11.1 Å². The van der Waals surface area contributed by atoms with Crippen LogP contribution in [0.5, 0.6) is 0 Å². The molecule has 1 atom stereocenters. The van der Waals surface area contributed by atoms with E-state index < -0.39 is 0 Å². The molecule has 7 rings (SSSR count). The van der Waals surface area contributed by atoms with Crippen molar-refractivity contribution in [3.05, 3.63) is 27.1 Å². The van der Waals surface area contributed by atoms with Crippen LogP contribution in [0.1, 0.15) is 62.3 Å². The largest absolute Gasteiger partial charge is 0.354 e. The van der Waals surface area contributed by atoms with Gasteiger partial charge in [-0.3, -0.25) is 14.2 Å². The van der Waals surface area contributed by atoms with Crippen molar-refractivity contribution in [2.45, 2.75) is 71.3 Å². The molecule has 160 valence electrons. The number of nitrogens with one attached hydrogen (secondary N) is 1. The lowest BCUT2D eigenvalue weighted by Crippen LogP contribution is -2.51. The normalized spacial score (nSPS) is 34.3. The van der Waals surface area contributed by atoms with Crippen molar-refractivity contribution in [1.82, 2.24) is 14.9 Å². The summed E-state index contributed by atoms with van der Waals surface area (Å²) in [6.45, 7) is 3.13. The SMILES string of the molecule is C[C@@H]1CCc2c(sc3ncn(CC(=O)NCC45CC6CC(CC(C6)C4)C5)c(=O)c23)C1. The molecule has 4 bridgehead atoms. The van der Waals surface area contributed by atoms with Crippen LogP contribution in [-0.2, 0) is 24.2 Å². The summed E-state index contributed by atoms with van der Waals surface area (Å²) in [5.74, 6) is 3.27. The van der Waals surface area contributed by atoms with E-state index in [-0.39, 0.29) is 18.0 Å². The van der Waals surface area contributed by atoms with E-state index in [1.165, 1.54) is 53.5 Å². The van der Waals surface area contributed by atoms with Crippen molar-refractivity contribution in [2.24, 2.45) is 29.1 Å². The average Bonchev–Trinajstić information content (AvgIpc) is 3.06. The molecule has 2 heterocycles. The van der Waals surface area contributed by atoms with Gasteiger partial charge in [-0.1, -0.05) is 6.92 Å². The summed E-state index contributed by atoms with van der Waals surface area (Å²) in [5, 5.41) is 3.96. The van der Waals surface area contributed by atoms with Gasteiger partial charge in [0.1, 0.15) is 11.4 Å². The second kappa shape index (κ2) is 6.91. The van der Waals surface area contributed by atoms with Gasteiger partial charge in [0.05, 0.1) is 11.7 Å². The van der Waals surface area contributed by atoms with Crippen molar-refractivity contribution >= 4 is 27.5 Å². The molecule has 0 spiro atoms. The van der Waals surface area contributed by atoms with Crippen molar-refractivity contribution in [2.75, 3.05) is 6.54 Å². The molecule has 4 fully saturated rings. The number of hydrogen-bond acceptors (Lipinski definition) is 4. The fourth-order valence-corrected chi connectivity index (χ4v) is 8.82. The highest BCUT2D eigenvalue weighted by molar-refractivity contribution is 7.18. The first-order valence-corrected chi connectivity index (χ1v) is 12.6. The predicted octanol–water partition coefficient (Wildman–Crippen LogP) is 3.92. The summed E-state index contributed by atoms with van der Waals surface area (Å²) in [4.78, 5) is 32.6. The lowest BCUT2D eigenvalue weighted by Gasteiger charge is -2.56. The number of amides is 1. The fraction of sp³-hybridized carbons (Fsp3) is 0.708. The van der Waals surface area contributed by atoms with Crippen LogP contribution in [0.2, 0.25) is 0 Å². The third kappa shape index (κ3) is 3.14. The molecule has 1 N–H and O–H groups in total. The van der Waals surface area contributed by atoms with Crippen molar-refractivity contribution in [3.8, 4) is 0 Å². The van der Waals surface area contributed by atoms with Gasteiger partial charge in [0.2, 0.25) is 5.91 Å². The Hall–Kier alpha value is -1.69. The molecule has 4 saturated carbocycles. The van der Waals surface area contributed by atoms with E-state index in [0.717, 1.165) is 53.8 Å². The first-order chi connectivity index (χ1) is 14.5. The maximum atomic E-state index is 13.2. The zero-order chi connectivity index (χ0) is 20.5. The molecule has 0 aliphatic heterocycles. The molecule has 1 amide bonds. The molecule has 5 aliphatic carbocycles. The summed E-state index contributed by atoms with van der Waals surface area (Å²) >= 11 is 1.66. The zero-order valence-electron chi connectivity index (χ0n) is 17.8. The summed E-state index contributed by atoms with van der Waals surface area (Å²) in [6.07, 6.45) is 12.8. The molecule has 0 aromatic carbocycles. The molecular weight excluding hydrogens is 394 g/mol. The molecule has 0 saturated heterocycles. The lowest BCUT2D eigenvalue weighted by atomic mass is 9.49. The van der Waals surface area contributed by atoms with Crippen molar-refractivity contribution in [1.29, 1.82) is 0 Å². The molecule has 6 heteroatoms.